The Labute approximate surface area is 174 Å². The van der Waals surface area contributed by atoms with E-state index in [0.717, 1.165) is 38.5 Å². The molecular formula is C22H38N2O5. The minimum Gasteiger partial charge on any atom is -0.480 e. The topological polar surface area (TPSA) is 95.9 Å². The lowest BCUT2D eigenvalue weighted by Crippen LogP contribution is -2.55. The van der Waals surface area contributed by atoms with Gasteiger partial charge in [-0.25, -0.2) is 4.79 Å². The lowest BCUT2D eigenvalue weighted by atomic mass is 9.84. The van der Waals surface area contributed by atoms with Crippen molar-refractivity contribution in [1.29, 1.82) is 0 Å². The predicted molar refractivity (Wildman–Crippen MR) is 110 cm³/mol. The molecule has 1 saturated carbocycles. The average molecular weight is 411 g/mol. The van der Waals surface area contributed by atoms with Crippen LogP contribution < -0.4 is 5.32 Å². The number of esters is 1. The van der Waals surface area contributed by atoms with Crippen LogP contribution in [0.4, 0.5) is 0 Å². The maximum Gasteiger partial charge on any atom is 0.326 e. The fraction of sp³-hybridized carbons (Fsp3) is 0.864. The van der Waals surface area contributed by atoms with Crippen molar-refractivity contribution in [1.82, 2.24) is 10.2 Å². The van der Waals surface area contributed by atoms with Gasteiger partial charge in [0.25, 0.3) is 0 Å². The maximum atomic E-state index is 13.3. The summed E-state index contributed by atoms with van der Waals surface area (Å²) in [6, 6.07) is -1.95. The van der Waals surface area contributed by atoms with Crippen LogP contribution in [-0.4, -0.2) is 58.6 Å². The molecule has 7 heteroatoms. The molecule has 0 radical (unpaired) electrons. The number of nitrogens with zero attached hydrogens (tertiary/aromatic N) is 1. The van der Waals surface area contributed by atoms with Crippen LogP contribution in [0.5, 0.6) is 0 Å². The van der Waals surface area contributed by atoms with Crippen molar-refractivity contribution in [2.45, 2.75) is 103 Å². The Balaban J connectivity index is 2.07. The van der Waals surface area contributed by atoms with E-state index in [1.54, 1.807) is 18.7 Å². The minimum atomic E-state index is -0.932. The average Bonchev–Trinajstić information content (AvgIpc) is 3.06. The fourth-order valence-electron chi connectivity index (χ4n) is 4.84. The van der Waals surface area contributed by atoms with Crippen molar-refractivity contribution < 1.29 is 24.2 Å². The SMILES string of the molecule is CCOC(=O)[C@H](CCCC(C)C)NC(C)C(=O)N1C2CCCCC2C[C@H]1C(=O)O. The maximum absolute atomic E-state index is 13.3. The number of rotatable bonds is 10. The first kappa shape index (κ1) is 23.6. The number of carbonyl (C=O) groups is 3. The van der Waals surface area contributed by atoms with Crippen LogP contribution >= 0.6 is 0 Å². The van der Waals surface area contributed by atoms with Crippen LogP contribution in [0.15, 0.2) is 0 Å². The van der Waals surface area contributed by atoms with Crippen LogP contribution in [0.25, 0.3) is 0 Å². The number of carboxylic acids is 1. The van der Waals surface area contributed by atoms with Crippen LogP contribution in [0.1, 0.15) is 79.1 Å². The van der Waals surface area contributed by atoms with Gasteiger partial charge in [0, 0.05) is 6.04 Å². The quantitative estimate of drug-likeness (QED) is 0.538. The summed E-state index contributed by atoms with van der Waals surface area (Å²) in [6.45, 7) is 8.06. The summed E-state index contributed by atoms with van der Waals surface area (Å²) in [4.78, 5) is 39.1. The first-order valence-corrected chi connectivity index (χ1v) is 11.2. The standard InChI is InChI=1S/C22H38N2O5/c1-5-29-22(28)17(11-8-9-14(2)3)23-15(4)20(25)24-18-12-7-6-10-16(18)13-19(24)21(26)27/h14-19,23H,5-13H2,1-4H3,(H,26,27)/t15?,16?,17-,18?,19-/m0/s1. The zero-order valence-electron chi connectivity index (χ0n) is 18.4. The van der Waals surface area contributed by atoms with Crippen LogP contribution in [0, 0.1) is 11.8 Å². The molecule has 0 aromatic carbocycles. The highest BCUT2D eigenvalue weighted by atomic mass is 16.5. The summed E-state index contributed by atoms with van der Waals surface area (Å²) in [6.07, 6.45) is 6.97. The number of carboxylic acid groups (broad SMARTS) is 1. The lowest BCUT2D eigenvalue weighted by molar-refractivity contribution is -0.152. The van der Waals surface area contributed by atoms with Crippen molar-refractivity contribution in [3.8, 4) is 0 Å². The van der Waals surface area contributed by atoms with E-state index >= 15 is 0 Å². The van der Waals surface area contributed by atoms with E-state index < -0.39 is 24.1 Å². The molecule has 29 heavy (non-hydrogen) atoms. The van der Waals surface area contributed by atoms with E-state index in [2.05, 4.69) is 19.2 Å². The van der Waals surface area contributed by atoms with Crippen LogP contribution in [0.2, 0.25) is 0 Å². The lowest BCUT2D eigenvalue weighted by Gasteiger charge is -2.35. The number of ether oxygens (including phenoxy) is 1. The third kappa shape index (κ3) is 6.17. The van der Waals surface area contributed by atoms with E-state index in [1.807, 2.05) is 0 Å². The summed E-state index contributed by atoms with van der Waals surface area (Å²) >= 11 is 0. The predicted octanol–water partition coefficient (Wildman–Crippen LogP) is 2.97. The van der Waals surface area contributed by atoms with Gasteiger partial charge in [-0.3, -0.25) is 14.9 Å². The number of fused-ring (bicyclic) bond motifs is 1. The van der Waals surface area contributed by atoms with Gasteiger partial charge in [-0.2, -0.15) is 0 Å². The third-order valence-corrected chi connectivity index (χ3v) is 6.29. The third-order valence-electron chi connectivity index (χ3n) is 6.29. The molecule has 2 rings (SSSR count). The highest BCUT2D eigenvalue weighted by Crippen LogP contribution is 2.40. The van der Waals surface area contributed by atoms with Gasteiger partial charge in [0.2, 0.25) is 5.91 Å². The summed E-state index contributed by atoms with van der Waals surface area (Å²) in [5.74, 6) is -0.680. The Morgan fingerprint density at radius 2 is 1.83 bits per heavy atom. The molecule has 0 spiro atoms. The number of hydrogen-bond donors (Lipinski definition) is 2. The minimum absolute atomic E-state index is 0.00332. The Bertz CT molecular complexity index is 580. The summed E-state index contributed by atoms with van der Waals surface area (Å²) < 4.78 is 5.19. The Morgan fingerprint density at radius 3 is 2.45 bits per heavy atom. The van der Waals surface area contributed by atoms with E-state index in [1.165, 1.54) is 0 Å². The molecule has 0 bridgehead atoms. The van der Waals surface area contributed by atoms with Crippen LogP contribution in [-0.2, 0) is 19.1 Å². The smallest absolute Gasteiger partial charge is 0.326 e. The molecule has 7 nitrogen and oxygen atoms in total. The number of nitrogens with one attached hydrogen (secondary N) is 1. The molecule has 2 N–H and O–H groups in total. The molecule has 2 fully saturated rings. The van der Waals surface area contributed by atoms with Crippen molar-refractivity contribution in [2.24, 2.45) is 11.8 Å². The number of carbonyl (C=O) groups excluding carboxylic acids is 2. The molecule has 0 aromatic heterocycles. The highest BCUT2D eigenvalue weighted by Gasteiger charge is 2.48. The molecule has 1 heterocycles. The number of likely N-dealkylation sites (tertiary alicyclic amines) is 1. The molecule has 1 aliphatic heterocycles. The van der Waals surface area contributed by atoms with Gasteiger partial charge in [0.15, 0.2) is 0 Å². The molecule has 5 atom stereocenters. The van der Waals surface area contributed by atoms with Gasteiger partial charge < -0.3 is 14.7 Å². The molecule has 1 amide bonds. The van der Waals surface area contributed by atoms with Gasteiger partial charge in [-0.1, -0.05) is 39.5 Å². The molecule has 166 valence electrons. The monoisotopic (exact) mass is 410 g/mol. The van der Waals surface area contributed by atoms with E-state index in [0.29, 0.717) is 25.4 Å². The molecule has 0 aromatic rings. The molecule has 1 saturated heterocycles. The Hall–Kier alpha value is -1.63. The van der Waals surface area contributed by atoms with E-state index in [9.17, 15) is 19.5 Å². The van der Waals surface area contributed by atoms with Gasteiger partial charge >= 0.3 is 11.9 Å². The summed E-state index contributed by atoms with van der Waals surface area (Å²) in [7, 11) is 0. The van der Waals surface area contributed by atoms with Gasteiger partial charge in [0.1, 0.15) is 12.1 Å². The van der Waals surface area contributed by atoms with Crippen molar-refractivity contribution >= 4 is 17.8 Å². The molecule has 3 unspecified atom stereocenters. The Kier molecular flexibility index (Phi) is 8.93. The molecule has 2 aliphatic rings. The zero-order chi connectivity index (χ0) is 21.6. The second-order valence-corrected chi connectivity index (χ2v) is 8.96. The largest absolute Gasteiger partial charge is 0.480 e. The first-order chi connectivity index (χ1) is 13.8. The molecule has 1 aliphatic carbocycles. The number of aliphatic carboxylic acids is 1. The van der Waals surface area contributed by atoms with Gasteiger partial charge in [-0.15, -0.1) is 0 Å². The summed E-state index contributed by atoms with van der Waals surface area (Å²) in [5.41, 5.74) is 0. The second-order valence-electron chi connectivity index (χ2n) is 8.96. The van der Waals surface area contributed by atoms with Crippen molar-refractivity contribution in [3.05, 3.63) is 0 Å². The first-order valence-electron chi connectivity index (χ1n) is 11.2. The fourth-order valence-corrected chi connectivity index (χ4v) is 4.84. The van der Waals surface area contributed by atoms with Crippen LogP contribution in [0.3, 0.4) is 0 Å². The number of amides is 1. The van der Waals surface area contributed by atoms with E-state index in [4.69, 9.17) is 4.74 Å². The van der Waals surface area contributed by atoms with Crippen molar-refractivity contribution in [2.75, 3.05) is 6.61 Å². The summed E-state index contributed by atoms with van der Waals surface area (Å²) in [5, 5.41) is 12.8. The highest BCUT2D eigenvalue weighted by molar-refractivity contribution is 5.88. The Morgan fingerprint density at radius 1 is 1.14 bits per heavy atom. The normalized spacial score (nSPS) is 26.1. The zero-order valence-corrected chi connectivity index (χ0v) is 18.4. The van der Waals surface area contributed by atoms with Gasteiger partial charge in [0.05, 0.1) is 12.6 Å². The second kappa shape index (κ2) is 11.0. The molecular weight excluding hydrogens is 372 g/mol. The van der Waals surface area contributed by atoms with Crippen molar-refractivity contribution in [3.63, 3.8) is 0 Å². The van der Waals surface area contributed by atoms with Gasteiger partial charge in [-0.05, 0) is 51.4 Å². The van der Waals surface area contributed by atoms with E-state index in [-0.39, 0.29) is 23.8 Å². The number of hydrogen-bond acceptors (Lipinski definition) is 5.